The summed E-state index contributed by atoms with van der Waals surface area (Å²) in [7, 11) is 0. The van der Waals surface area contributed by atoms with Gasteiger partial charge in [0, 0.05) is 16.5 Å². The minimum absolute atomic E-state index is 0.235. The molecule has 7 heteroatoms. The summed E-state index contributed by atoms with van der Waals surface area (Å²) in [6, 6.07) is 20.6. The molecule has 3 aromatic carbocycles. The number of carboxylic acid groups (broad SMARTS) is 1. The molecule has 0 spiro atoms. The van der Waals surface area contributed by atoms with Gasteiger partial charge in [-0.25, -0.2) is 9.78 Å². The fourth-order valence-electron chi connectivity index (χ4n) is 3.40. The summed E-state index contributed by atoms with van der Waals surface area (Å²) in [6.45, 7) is 0. The SMILES string of the molecule is O=C(O)c1cc(-c2ccc(-c3nn[nH]n3)cc2)nc2ccc3ccccc3c12. The van der Waals surface area contributed by atoms with Gasteiger partial charge in [0.2, 0.25) is 5.82 Å². The highest BCUT2D eigenvalue weighted by atomic mass is 16.4. The maximum atomic E-state index is 12.0. The van der Waals surface area contributed by atoms with Crippen molar-refractivity contribution >= 4 is 27.6 Å². The van der Waals surface area contributed by atoms with Gasteiger partial charge in [-0.15, -0.1) is 10.2 Å². The van der Waals surface area contributed by atoms with Crippen molar-refractivity contribution < 1.29 is 9.90 Å². The number of aromatic nitrogens is 5. The lowest BCUT2D eigenvalue weighted by molar-refractivity contribution is 0.0699. The van der Waals surface area contributed by atoms with E-state index in [1.165, 1.54) is 0 Å². The number of aromatic carboxylic acids is 1. The molecule has 0 atom stereocenters. The molecule has 0 amide bonds. The van der Waals surface area contributed by atoms with Gasteiger partial charge >= 0.3 is 5.97 Å². The second kappa shape index (κ2) is 6.24. The zero-order chi connectivity index (χ0) is 19.1. The van der Waals surface area contributed by atoms with E-state index in [0.29, 0.717) is 22.4 Å². The number of carbonyl (C=O) groups is 1. The monoisotopic (exact) mass is 367 g/mol. The summed E-state index contributed by atoms with van der Waals surface area (Å²) in [6.07, 6.45) is 0. The van der Waals surface area contributed by atoms with Crippen LogP contribution in [-0.4, -0.2) is 36.7 Å². The lowest BCUT2D eigenvalue weighted by Crippen LogP contribution is -2.01. The van der Waals surface area contributed by atoms with Crippen molar-refractivity contribution in [1.82, 2.24) is 25.6 Å². The average molecular weight is 367 g/mol. The van der Waals surface area contributed by atoms with Gasteiger partial charge in [0.05, 0.1) is 16.8 Å². The van der Waals surface area contributed by atoms with Crippen LogP contribution in [0.4, 0.5) is 0 Å². The molecule has 0 saturated carbocycles. The number of benzene rings is 3. The Labute approximate surface area is 158 Å². The van der Waals surface area contributed by atoms with Crippen molar-refractivity contribution in [2.45, 2.75) is 0 Å². The molecule has 2 N–H and O–H groups in total. The van der Waals surface area contributed by atoms with Crippen LogP contribution in [0.5, 0.6) is 0 Å². The van der Waals surface area contributed by atoms with Crippen molar-refractivity contribution in [3.05, 3.63) is 72.3 Å². The van der Waals surface area contributed by atoms with Crippen LogP contribution in [0.3, 0.4) is 0 Å². The molecule has 0 aliphatic rings. The normalized spacial score (nSPS) is 11.1. The fraction of sp³-hybridized carbons (Fsp3) is 0. The summed E-state index contributed by atoms with van der Waals surface area (Å²) >= 11 is 0. The molecule has 0 bridgehead atoms. The Balaban J connectivity index is 1.70. The van der Waals surface area contributed by atoms with Gasteiger partial charge in [-0.3, -0.25) is 0 Å². The lowest BCUT2D eigenvalue weighted by atomic mass is 9.98. The molecule has 5 aromatic rings. The van der Waals surface area contributed by atoms with E-state index in [4.69, 9.17) is 4.98 Å². The van der Waals surface area contributed by atoms with Crippen molar-refractivity contribution in [3.63, 3.8) is 0 Å². The Bertz CT molecular complexity index is 1330. The highest BCUT2D eigenvalue weighted by molar-refractivity contribution is 6.15. The van der Waals surface area contributed by atoms with E-state index in [-0.39, 0.29) is 5.56 Å². The number of aromatic amines is 1. The molecule has 5 rings (SSSR count). The third-order valence-corrected chi connectivity index (χ3v) is 4.71. The number of fused-ring (bicyclic) bond motifs is 3. The van der Waals surface area contributed by atoms with E-state index < -0.39 is 5.97 Å². The third-order valence-electron chi connectivity index (χ3n) is 4.71. The van der Waals surface area contributed by atoms with Gasteiger partial charge in [-0.05, 0) is 28.1 Å². The zero-order valence-electron chi connectivity index (χ0n) is 14.5. The number of rotatable bonds is 3. The van der Waals surface area contributed by atoms with Gasteiger partial charge < -0.3 is 5.11 Å². The third kappa shape index (κ3) is 2.57. The Morgan fingerprint density at radius 1 is 0.929 bits per heavy atom. The quantitative estimate of drug-likeness (QED) is 0.468. The van der Waals surface area contributed by atoms with Crippen LogP contribution in [-0.2, 0) is 0 Å². The molecule has 0 aliphatic heterocycles. The van der Waals surface area contributed by atoms with Crippen molar-refractivity contribution in [1.29, 1.82) is 0 Å². The first-order chi connectivity index (χ1) is 13.7. The minimum atomic E-state index is -0.978. The Morgan fingerprint density at radius 2 is 1.71 bits per heavy atom. The van der Waals surface area contributed by atoms with Crippen LogP contribution in [0.1, 0.15) is 10.4 Å². The van der Waals surface area contributed by atoms with Gasteiger partial charge in [-0.1, -0.05) is 54.6 Å². The van der Waals surface area contributed by atoms with Crippen molar-refractivity contribution in [2.24, 2.45) is 0 Å². The minimum Gasteiger partial charge on any atom is -0.478 e. The highest BCUT2D eigenvalue weighted by Gasteiger charge is 2.15. The molecule has 134 valence electrons. The van der Waals surface area contributed by atoms with Crippen LogP contribution in [0.25, 0.3) is 44.3 Å². The second-order valence-corrected chi connectivity index (χ2v) is 6.35. The Kier molecular flexibility index (Phi) is 3.58. The van der Waals surface area contributed by atoms with Crippen LogP contribution in [0.2, 0.25) is 0 Å². The van der Waals surface area contributed by atoms with E-state index in [2.05, 4.69) is 20.6 Å². The molecule has 2 heterocycles. The van der Waals surface area contributed by atoms with Gasteiger partial charge in [0.15, 0.2) is 0 Å². The number of pyridine rings is 1. The molecule has 7 nitrogen and oxygen atoms in total. The molecular weight excluding hydrogens is 354 g/mol. The van der Waals surface area contributed by atoms with Crippen molar-refractivity contribution in [3.8, 4) is 22.6 Å². The number of carboxylic acids is 1. The van der Waals surface area contributed by atoms with Crippen LogP contribution in [0, 0.1) is 0 Å². The molecule has 0 fully saturated rings. The molecule has 2 aromatic heterocycles. The van der Waals surface area contributed by atoms with Crippen LogP contribution < -0.4 is 0 Å². The Morgan fingerprint density at radius 3 is 2.46 bits per heavy atom. The topological polar surface area (TPSA) is 105 Å². The number of hydrogen-bond acceptors (Lipinski definition) is 5. The van der Waals surface area contributed by atoms with Crippen molar-refractivity contribution in [2.75, 3.05) is 0 Å². The number of tetrazole rings is 1. The van der Waals surface area contributed by atoms with Crippen LogP contribution in [0.15, 0.2) is 66.7 Å². The summed E-state index contributed by atoms with van der Waals surface area (Å²) in [5.74, 6) is -0.482. The smallest absolute Gasteiger partial charge is 0.336 e. The van der Waals surface area contributed by atoms with Gasteiger partial charge in [0.25, 0.3) is 0 Å². The molecule has 0 saturated heterocycles. The number of nitrogens with one attached hydrogen (secondary N) is 1. The number of nitrogens with zero attached hydrogens (tertiary/aromatic N) is 4. The number of hydrogen-bond donors (Lipinski definition) is 2. The molecule has 0 radical (unpaired) electrons. The summed E-state index contributed by atoms with van der Waals surface area (Å²) < 4.78 is 0. The van der Waals surface area contributed by atoms with Gasteiger partial charge in [-0.2, -0.15) is 5.21 Å². The van der Waals surface area contributed by atoms with E-state index in [1.807, 2.05) is 60.7 Å². The van der Waals surface area contributed by atoms with E-state index >= 15 is 0 Å². The first-order valence-electron chi connectivity index (χ1n) is 8.61. The molecular formula is C21H13N5O2. The standard InChI is InChI=1S/C21H13N5O2/c27-21(28)16-11-18(13-5-7-14(8-6-13)20-23-25-26-24-20)22-17-10-9-12-3-1-2-4-15(12)19(16)17/h1-11H,(H,27,28)(H,23,24,25,26). The van der Waals surface area contributed by atoms with E-state index in [0.717, 1.165) is 21.9 Å². The first kappa shape index (κ1) is 16.1. The molecule has 0 unspecified atom stereocenters. The van der Waals surface area contributed by atoms with E-state index in [9.17, 15) is 9.90 Å². The lowest BCUT2D eigenvalue weighted by Gasteiger charge is -2.10. The summed E-state index contributed by atoms with van der Waals surface area (Å²) in [4.78, 5) is 16.7. The van der Waals surface area contributed by atoms with Crippen LogP contribution >= 0.6 is 0 Å². The maximum Gasteiger partial charge on any atom is 0.336 e. The molecule has 0 aliphatic carbocycles. The summed E-state index contributed by atoms with van der Waals surface area (Å²) in [5, 5.41) is 26.2. The predicted molar refractivity (Wildman–Crippen MR) is 105 cm³/mol. The summed E-state index contributed by atoms with van der Waals surface area (Å²) in [5.41, 5.74) is 3.10. The maximum absolute atomic E-state index is 12.0. The molecule has 28 heavy (non-hydrogen) atoms. The predicted octanol–water partition coefficient (Wildman–Crippen LogP) is 3.93. The Hall–Kier alpha value is -4.13. The zero-order valence-corrected chi connectivity index (χ0v) is 14.5. The number of H-pyrrole nitrogens is 1. The largest absolute Gasteiger partial charge is 0.478 e. The fourth-order valence-corrected chi connectivity index (χ4v) is 3.40. The second-order valence-electron chi connectivity index (χ2n) is 6.35. The average Bonchev–Trinajstić information content (AvgIpc) is 3.27. The first-order valence-corrected chi connectivity index (χ1v) is 8.61. The van der Waals surface area contributed by atoms with Gasteiger partial charge in [0.1, 0.15) is 0 Å². The highest BCUT2D eigenvalue weighted by Crippen LogP contribution is 2.31. The van der Waals surface area contributed by atoms with E-state index in [1.54, 1.807) is 6.07 Å².